The van der Waals surface area contributed by atoms with Crippen LogP contribution in [0.1, 0.15) is 12.8 Å². The molecule has 0 aliphatic carbocycles. The molecule has 0 radical (unpaired) electrons. The fourth-order valence-corrected chi connectivity index (χ4v) is 2.46. The first-order chi connectivity index (χ1) is 6.42. The molecule has 1 fully saturated rings. The molecule has 1 aromatic heterocycles. The molecule has 1 aliphatic rings. The van der Waals surface area contributed by atoms with Crippen molar-refractivity contribution in [2.75, 3.05) is 25.0 Å². The maximum atomic E-state index is 4.24. The second-order valence-corrected chi connectivity index (χ2v) is 4.03. The van der Waals surface area contributed by atoms with Crippen molar-refractivity contribution in [2.24, 2.45) is 0 Å². The summed E-state index contributed by atoms with van der Waals surface area (Å²) < 4.78 is 4.03. The zero-order chi connectivity index (χ0) is 9.10. The summed E-state index contributed by atoms with van der Waals surface area (Å²) in [7, 11) is 2.00. The van der Waals surface area contributed by atoms with Gasteiger partial charge in [-0.25, -0.2) is 4.98 Å². The molecule has 4 nitrogen and oxygen atoms in total. The molecule has 2 heterocycles. The molecular formula is C8H14N4S. The lowest BCUT2D eigenvalue weighted by Gasteiger charge is -2.22. The van der Waals surface area contributed by atoms with Gasteiger partial charge in [-0.3, -0.25) is 0 Å². The van der Waals surface area contributed by atoms with Crippen molar-refractivity contribution >= 4 is 16.7 Å². The molecule has 13 heavy (non-hydrogen) atoms. The summed E-state index contributed by atoms with van der Waals surface area (Å²) in [6.07, 6.45) is 4.17. The highest BCUT2D eigenvalue weighted by Gasteiger charge is 2.25. The van der Waals surface area contributed by atoms with E-state index >= 15 is 0 Å². The fraction of sp³-hybridized carbons (Fsp3) is 0.750. The van der Waals surface area contributed by atoms with Crippen LogP contribution in [-0.4, -0.2) is 35.5 Å². The Kier molecular flexibility index (Phi) is 2.75. The molecule has 1 atom stereocenters. The maximum Gasteiger partial charge on any atom is 0.205 e. The monoisotopic (exact) mass is 198 g/mol. The largest absolute Gasteiger partial charge is 0.343 e. The Balaban J connectivity index is 2.05. The highest BCUT2D eigenvalue weighted by molar-refractivity contribution is 7.09. The van der Waals surface area contributed by atoms with Crippen LogP contribution in [0.2, 0.25) is 0 Å². The SMILES string of the molecule is CNCC1CCCN1c1ncns1. The molecule has 5 heteroatoms. The molecule has 0 spiro atoms. The van der Waals surface area contributed by atoms with Gasteiger partial charge in [0.15, 0.2) is 0 Å². The molecule has 1 N–H and O–H groups in total. The highest BCUT2D eigenvalue weighted by atomic mass is 32.1. The lowest BCUT2D eigenvalue weighted by atomic mass is 10.2. The Morgan fingerprint density at radius 3 is 3.38 bits per heavy atom. The molecule has 72 valence electrons. The third-order valence-electron chi connectivity index (χ3n) is 2.41. The number of aromatic nitrogens is 2. The van der Waals surface area contributed by atoms with E-state index in [-0.39, 0.29) is 0 Å². The third kappa shape index (κ3) is 1.81. The summed E-state index contributed by atoms with van der Waals surface area (Å²) in [5.41, 5.74) is 0. The molecule has 1 aromatic rings. The van der Waals surface area contributed by atoms with E-state index in [0.717, 1.165) is 18.2 Å². The van der Waals surface area contributed by atoms with E-state index in [0.29, 0.717) is 6.04 Å². The van der Waals surface area contributed by atoms with Gasteiger partial charge in [0.25, 0.3) is 0 Å². The van der Waals surface area contributed by atoms with Gasteiger partial charge >= 0.3 is 0 Å². The van der Waals surface area contributed by atoms with Gasteiger partial charge in [0, 0.05) is 30.7 Å². The van der Waals surface area contributed by atoms with E-state index < -0.39 is 0 Å². The van der Waals surface area contributed by atoms with Crippen LogP contribution in [0.5, 0.6) is 0 Å². The van der Waals surface area contributed by atoms with Crippen LogP contribution < -0.4 is 10.2 Å². The van der Waals surface area contributed by atoms with E-state index in [2.05, 4.69) is 19.6 Å². The second kappa shape index (κ2) is 4.02. The predicted molar refractivity (Wildman–Crippen MR) is 54.2 cm³/mol. The predicted octanol–water partition coefficient (Wildman–Crippen LogP) is 0.726. The van der Waals surface area contributed by atoms with Crippen molar-refractivity contribution in [3.05, 3.63) is 6.33 Å². The van der Waals surface area contributed by atoms with E-state index in [9.17, 15) is 0 Å². The Morgan fingerprint density at radius 2 is 2.69 bits per heavy atom. The van der Waals surface area contributed by atoms with Crippen molar-refractivity contribution in [1.29, 1.82) is 0 Å². The number of nitrogens with zero attached hydrogens (tertiary/aromatic N) is 3. The number of hydrogen-bond donors (Lipinski definition) is 1. The van der Waals surface area contributed by atoms with Crippen molar-refractivity contribution in [3.8, 4) is 0 Å². The third-order valence-corrected chi connectivity index (χ3v) is 3.12. The average molecular weight is 198 g/mol. The van der Waals surface area contributed by atoms with E-state index in [4.69, 9.17) is 0 Å². The number of hydrogen-bond acceptors (Lipinski definition) is 5. The minimum absolute atomic E-state index is 0.609. The summed E-state index contributed by atoms with van der Waals surface area (Å²) in [6, 6.07) is 0.609. The summed E-state index contributed by atoms with van der Waals surface area (Å²) in [6.45, 7) is 2.17. The van der Waals surface area contributed by atoms with Crippen LogP contribution in [0.25, 0.3) is 0 Å². The summed E-state index contributed by atoms with van der Waals surface area (Å²) >= 11 is 1.49. The second-order valence-electron chi connectivity index (χ2n) is 3.27. The lowest BCUT2D eigenvalue weighted by molar-refractivity contribution is 0.614. The van der Waals surface area contributed by atoms with Crippen molar-refractivity contribution in [1.82, 2.24) is 14.7 Å². The number of anilines is 1. The van der Waals surface area contributed by atoms with Gasteiger partial charge in [-0.15, -0.1) is 0 Å². The van der Waals surface area contributed by atoms with Gasteiger partial charge in [0.05, 0.1) is 0 Å². The number of rotatable bonds is 3. The van der Waals surface area contributed by atoms with Gasteiger partial charge in [0.1, 0.15) is 6.33 Å². The maximum absolute atomic E-state index is 4.24. The van der Waals surface area contributed by atoms with Crippen LogP contribution in [0.15, 0.2) is 6.33 Å². The Labute approximate surface area is 82.1 Å². The minimum Gasteiger partial charge on any atom is -0.343 e. The normalized spacial score (nSPS) is 22.5. The zero-order valence-electron chi connectivity index (χ0n) is 7.73. The van der Waals surface area contributed by atoms with Crippen LogP contribution >= 0.6 is 11.5 Å². The Bertz CT molecular complexity index is 249. The van der Waals surface area contributed by atoms with Gasteiger partial charge in [-0.2, -0.15) is 4.37 Å². The van der Waals surface area contributed by atoms with Crippen LogP contribution in [0, 0.1) is 0 Å². The quantitative estimate of drug-likeness (QED) is 0.777. The number of likely N-dealkylation sites (N-methyl/N-ethyl adjacent to an activating group) is 1. The standard InChI is InChI=1S/C8H14N4S/c1-9-5-7-3-2-4-12(7)8-10-6-11-13-8/h6-7,9H,2-5H2,1H3. The van der Waals surface area contributed by atoms with Crippen molar-refractivity contribution in [3.63, 3.8) is 0 Å². The molecule has 1 unspecified atom stereocenters. The smallest absolute Gasteiger partial charge is 0.205 e. The number of nitrogens with one attached hydrogen (secondary N) is 1. The molecule has 0 bridgehead atoms. The molecule has 0 saturated carbocycles. The van der Waals surface area contributed by atoms with E-state index in [1.807, 2.05) is 7.05 Å². The molecule has 1 saturated heterocycles. The van der Waals surface area contributed by atoms with E-state index in [1.165, 1.54) is 24.4 Å². The first-order valence-corrected chi connectivity index (χ1v) is 5.37. The van der Waals surface area contributed by atoms with Crippen molar-refractivity contribution < 1.29 is 0 Å². The van der Waals surface area contributed by atoms with Gasteiger partial charge in [0.2, 0.25) is 5.13 Å². The summed E-state index contributed by atoms with van der Waals surface area (Å²) in [5, 5.41) is 4.28. The van der Waals surface area contributed by atoms with Crippen molar-refractivity contribution in [2.45, 2.75) is 18.9 Å². The van der Waals surface area contributed by atoms with Gasteiger partial charge in [-0.05, 0) is 19.9 Å². The van der Waals surface area contributed by atoms with Gasteiger partial charge in [-0.1, -0.05) is 0 Å². The zero-order valence-corrected chi connectivity index (χ0v) is 8.55. The van der Waals surface area contributed by atoms with E-state index in [1.54, 1.807) is 6.33 Å². The molecular weight excluding hydrogens is 184 g/mol. The molecule has 1 aliphatic heterocycles. The first-order valence-electron chi connectivity index (χ1n) is 4.59. The van der Waals surface area contributed by atoms with Gasteiger partial charge < -0.3 is 10.2 Å². The fourth-order valence-electron chi connectivity index (χ4n) is 1.83. The molecule has 0 aromatic carbocycles. The van der Waals surface area contributed by atoms with Crippen LogP contribution in [0.4, 0.5) is 5.13 Å². The van der Waals surface area contributed by atoms with Crippen LogP contribution in [-0.2, 0) is 0 Å². The summed E-state index contributed by atoms with van der Waals surface area (Å²) in [5.74, 6) is 0. The minimum atomic E-state index is 0.609. The lowest BCUT2D eigenvalue weighted by Crippen LogP contribution is -2.36. The summed E-state index contributed by atoms with van der Waals surface area (Å²) in [4.78, 5) is 6.59. The Hall–Kier alpha value is -0.680. The molecule has 0 amide bonds. The topological polar surface area (TPSA) is 41.0 Å². The highest BCUT2D eigenvalue weighted by Crippen LogP contribution is 2.25. The molecule has 2 rings (SSSR count). The average Bonchev–Trinajstić information content (AvgIpc) is 2.71. The first kappa shape index (κ1) is 8.90. The van der Waals surface area contributed by atoms with Crippen LogP contribution in [0.3, 0.4) is 0 Å². The Morgan fingerprint density at radius 1 is 1.77 bits per heavy atom.